The predicted octanol–water partition coefficient (Wildman–Crippen LogP) is 0.870. The smallest absolute Gasteiger partial charge is 0.330 e. The molecule has 0 N–H and O–H groups in total. The lowest BCUT2D eigenvalue weighted by Gasteiger charge is -1.78. The lowest BCUT2D eigenvalue weighted by molar-refractivity contribution is 0.886. The van der Waals surface area contributed by atoms with Gasteiger partial charge in [0.1, 0.15) is 7.70 Å². The zero-order chi connectivity index (χ0) is 5.86. The molecule has 0 spiro atoms. The van der Waals surface area contributed by atoms with E-state index in [1.807, 2.05) is 0 Å². The zero-order valence-corrected chi connectivity index (χ0v) is 5.41. The Balaban J connectivity index is 3.14. The van der Waals surface area contributed by atoms with E-state index in [0.717, 1.165) is 0 Å². The van der Waals surface area contributed by atoms with Gasteiger partial charge in [-0.1, -0.05) is 28.1 Å². The predicted molar refractivity (Wildman–Crippen MR) is 36.3 cm³/mol. The maximum Gasteiger partial charge on any atom is 0.330 e. The van der Waals surface area contributed by atoms with Crippen LogP contribution in [0.2, 0.25) is 0 Å². The molecule has 1 radical (unpaired) electrons. The van der Waals surface area contributed by atoms with Crippen LogP contribution in [0, 0.1) is 0 Å². The second-order valence-corrected chi connectivity index (χ2v) is 2.83. The highest BCUT2D eigenvalue weighted by molar-refractivity contribution is 14.2. The molecule has 0 aliphatic rings. The number of hydrogen-bond acceptors (Lipinski definition) is 0. The van der Waals surface area contributed by atoms with E-state index in [0.29, 0.717) is 7.70 Å². The first kappa shape index (κ1) is 3.25. The first-order valence-corrected chi connectivity index (χ1v) is 4.73. The molecule has 0 aromatic carbocycles. The SMILES string of the molecule is [2H]P(I)B(F)[B][3H]. The van der Waals surface area contributed by atoms with Gasteiger partial charge in [0.25, 0.3) is 0 Å². The lowest BCUT2D eigenvalue weighted by Crippen LogP contribution is -1.89. The first-order chi connectivity index (χ1) is 3.18. The fraction of sp³-hybridized carbons (Fsp3) is 0. The Bertz CT molecular complexity index is 53.0. The van der Waals surface area contributed by atoms with E-state index in [1.54, 1.807) is 22.0 Å². The average Bonchev–Trinajstić information content (AvgIpc) is 1.65. The fourth-order valence-electron chi connectivity index (χ4n) is 0. The van der Waals surface area contributed by atoms with Crippen molar-refractivity contribution in [3.63, 3.8) is 0 Å². The van der Waals surface area contributed by atoms with E-state index in [9.17, 15) is 4.32 Å². The third-order valence-electron chi connectivity index (χ3n) is 0.0932. The number of hydrogen-bond donors (Lipinski definition) is 0. The summed E-state index contributed by atoms with van der Waals surface area (Å²) in [5.74, 6) is 0. The van der Waals surface area contributed by atoms with Gasteiger partial charge in [-0.25, -0.2) is 0 Å². The Morgan fingerprint density at radius 2 is 3.40 bits per heavy atom. The van der Waals surface area contributed by atoms with Crippen LogP contribution in [0.5, 0.6) is 0 Å². The van der Waals surface area contributed by atoms with Crippen LogP contribution in [0.15, 0.2) is 0 Å². The molecule has 0 aliphatic heterocycles. The molecule has 0 bridgehead atoms. The third-order valence-corrected chi connectivity index (χ3v) is 1.88. The van der Waals surface area contributed by atoms with Crippen molar-refractivity contribution in [1.29, 1.82) is 2.61 Å². The molecule has 0 aromatic heterocycles. The summed E-state index contributed by atoms with van der Waals surface area (Å²) in [4.78, 5) is 0. The highest BCUT2D eigenvalue weighted by Crippen LogP contribution is 2.22. The van der Waals surface area contributed by atoms with E-state index < -0.39 is 12.6 Å². The number of rotatable bonds is 2. The number of halogens is 2. The zero-order valence-electron chi connectivity index (χ0n) is 4.36. The van der Waals surface area contributed by atoms with Crippen LogP contribution in [0.1, 0.15) is 0 Å². The molecule has 0 heterocycles. The summed E-state index contributed by atoms with van der Waals surface area (Å²) in [6, 6.07) is -1.35. The lowest BCUT2D eigenvalue weighted by atomic mass is 9.73. The van der Waals surface area contributed by atoms with Crippen LogP contribution in [0.3, 0.4) is 0 Å². The van der Waals surface area contributed by atoms with E-state index in [4.69, 9.17) is 2.61 Å². The van der Waals surface area contributed by atoms with E-state index in [2.05, 4.69) is 0 Å². The third kappa shape index (κ3) is 5.22. The van der Waals surface area contributed by atoms with Crippen molar-refractivity contribution in [2.45, 2.75) is 0 Å². The first-order valence-electron chi connectivity index (χ1n) is 2.00. The second-order valence-electron chi connectivity index (χ2n) is 0.470. The maximum atomic E-state index is 11.8. The van der Waals surface area contributed by atoms with E-state index in [-0.39, 0.29) is 0 Å². The Morgan fingerprint density at radius 1 is 2.80 bits per heavy atom. The van der Waals surface area contributed by atoms with E-state index >= 15 is 0 Å². The Labute approximate surface area is 49.7 Å². The maximum absolute atomic E-state index is 11.8. The van der Waals surface area contributed by atoms with E-state index in [1.165, 1.54) is 0 Å². The van der Waals surface area contributed by atoms with Gasteiger partial charge in [-0.3, -0.25) is 0 Å². The monoisotopic (exact) mass is 204 g/mol. The van der Waals surface area contributed by atoms with Crippen LogP contribution in [0.4, 0.5) is 4.32 Å². The van der Waals surface area contributed by atoms with Crippen molar-refractivity contribution in [1.82, 2.24) is 0 Å². The molecule has 5 heavy (non-hydrogen) atoms. The van der Waals surface area contributed by atoms with Crippen molar-refractivity contribution in [2.75, 3.05) is 0 Å². The Hall–Kier alpha value is 1.22. The van der Waals surface area contributed by atoms with Gasteiger partial charge < -0.3 is 4.32 Å². The minimum atomic E-state index is -1.35. The van der Waals surface area contributed by atoms with Gasteiger partial charge in [0.2, 0.25) is 0 Å². The van der Waals surface area contributed by atoms with Crippen molar-refractivity contribution in [2.24, 2.45) is 0 Å². The van der Waals surface area contributed by atoms with Gasteiger partial charge >= 0.3 is 6.60 Å². The molecular formula is H2B2FIP. The van der Waals surface area contributed by atoms with Gasteiger partial charge in [0.15, 0.2) is 0 Å². The molecular weight excluding hydrogens is 198 g/mol. The van der Waals surface area contributed by atoms with Crippen LogP contribution in [-0.4, -0.2) is 16.9 Å². The molecule has 0 saturated heterocycles. The van der Waals surface area contributed by atoms with Gasteiger partial charge in [-0.15, -0.1) is 0 Å². The van der Waals surface area contributed by atoms with Crippen LogP contribution < -0.4 is 0 Å². The summed E-state index contributed by atoms with van der Waals surface area (Å²) in [5, 5.41) is 0. The molecule has 0 rings (SSSR count). The van der Waals surface area contributed by atoms with Crippen LogP contribution >= 0.6 is 28.1 Å². The molecule has 5 heteroatoms. The summed E-state index contributed by atoms with van der Waals surface area (Å²) in [7, 11) is 0.658. The quantitative estimate of drug-likeness (QED) is 0.355. The summed E-state index contributed by atoms with van der Waals surface area (Å²) >= 11 is 1.67. The topological polar surface area (TPSA) is 0 Å². The standard InChI is InChI=1S/B2FH2IP/c1-2(3)5-4/h1,5H/i1T,5D. The average molecular weight is 204 g/mol. The van der Waals surface area contributed by atoms with Crippen molar-refractivity contribution in [3.05, 3.63) is 0 Å². The highest BCUT2D eigenvalue weighted by Gasteiger charge is 1.96. The summed E-state index contributed by atoms with van der Waals surface area (Å²) in [6.07, 6.45) is 0. The van der Waals surface area contributed by atoms with Crippen molar-refractivity contribution in [3.8, 4) is 0 Å². The van der Waals surface area contributed by atoms with Crippen LogP contribution in [0.25, 0.3) is 0 Å². The molecule has 27 valence electrons. The fourth-order valence-corrected chi connectivity index (χ4v) is 0. The molecule has 1 atom stereocenters. The molecule has 0 aliphatic carbocycles. The molecule has 0 fully saturated rings. The summed E-state index contributed by atoms with van der Waals surface area (Å²) < 4.78 is 24.9. The minimum absolute atomic E-state index is 0.658. The molecule has 0 saturated carbocycles. The molecule has 0 amide bonds. The summed E-state index contributed by atoms with van der Waals surface area (Å²) in [6.45, 7) is -1.34. The van der Waals surface area contributed by atoms with Gasteiger partial charge in [0.05, 0.1) is 1.28 Å². The van der Waals surface area contributed by atoms with Crippen molar-refractivity contribution >= 4 is 42.4 Å². The molecule has 1 unspecified atom stereocenters. The molecule has 0 nitrogen and oxygen atoms in total. The Kier molecular flexibility index (Phi) is 2.22. The normalized spacial score (nSPS) is 18.8. The second kappa shape index (κ2) is 3.41. The highest BCUT2D eigenvalue weighted by atomic mass is 127. The molecule has 0 aromatic rings. The Morgan fingerprint density at radius 3 is 3.40 bits per heavy atom. The summed E-state index contributed by atoms with van der Waals surface area (Å²) in [5.41, 5.74) is 0. The van der Waals surface area contributed by atoms with Gasteiger partial charge in [0, 0.05) is 0 Å². The minimum Gasteiger partial charge on any atom is -0.341 e. The van der Waals surface area contributed by atoms with Gasteiger partial charge in [-0.2, -0.15) is 0 Å². The largest absolute Gasteiger partial charge is 0.341 e. The van der Waals surface area contributed by atoms with Crippen molar-refractivity contribution < 1.29 is 4.32 Å². The van der Waals surface area contributed by atoms with Gasteiger partial charge in [-0.05, 0) is 1.34 Å². The van der Waals surface area contributed by atoms with Crippen LogP contribution in [-0.2, 0) is 0 Å².